The smallest absolute Gasteiger partial charge is 0.323 e. The van der Waals surface area contributed by atoms with Crippen molar-refractivity contribution in [1.82, 2.24) is 0 Å². The highest BCUT2D eigenvalue weighted by Crippen LogP contribution is 2.19. The van der Waals surface area contributed by atoms with E-state index in [-0.39, 0.29) is 5.97 Å². The van der Waals surface area contributed by atoms with E-state index in [0.717, 1.165) is 5.56 Å². The molecule has 0 aromatic heterocycles. The fourth-order valence-corrected chi connectivity index (χ4v) is 1.87. The van der Waals surface area contributed by atoms with Gasteiger partial charge in [0, 0.05) is 0 Å². The number of rotatable bonds is 6. The minimum Gasteiger partial charge on any atom is -0.459 e. The van der Waals surface area contributed by atoms with E-state index in [1.54, 1.807) is 0 Å². The minimum absolute atomic E-state index is 0.383. The van der Waals surface area contributed by atoms with E-state index in [1.165, 1.54) is 0 Å². The Kier molecular flexibility index (Phi) is 6.17. The van der Waals surface area contributed by atoms with E-state index in [0.29, 0.717) is 19.3 Å². The number of nitrogens with two attached hydrogens (primary N) is 1. The Labute approximate surface area is 120 Å². The van der Waals surface area contributed by atoms with E-state index in [4.69, 9.17) is 10.5 Å². The van der Waals surface area contributed by atoms with Gasteiger partial charge in [0.15, 0.2) is 0 Å². The van der Waals surface area contributed by atoms with Crippen molar-refractivity contribution in [3.8, 4) is 0 Å². The molecule has 0 saturated carbocycles. The van der Waals surface area contributed by atoms with Crippen LogP contribution in [0.1, 0.15) is 51.7 Å². The number of carbonyl (C=O) groups excluding carboxylic acids is 1. The van der Waals surface area contributed by atoms with Crippen LogP contribution in [0.3, 0.4) is 0 Å². The zero-order chi connectivity index (χ0) is 15.2. The summed E-state index contributed by atoms with van der Waals surface area (Å²) in [6.45, 7) is 5.45. The van der Waals surface area contributed by atoms with Crippen molar-refractivity contribution in [2.45, 2.75) is 57.8 Å². The lowest BCUT2D eigenvalue weighted by atomic mass is 10.0. The van der Waals surface area contributed by atoms with Gasteiger partial charge in [-0.05, 0) is 45.6 Å². The molecule has 0 bridgehead atoms. The summed E-state index contributed by atoms with van der Waals surface area (Å²) in [5.74, 6) is -0.383. The fourth-order valence-electron chi connectivity index (χ4n) is 1.87. The quantitative estimate of drug-likeness (QED) is 0.785. The Hall–Kier alpha value is -1.39. The molecule has 0 saturated heterocycles. The number of ether oxygens (including phenoxy) is 1. The minimum atomic E-state index is -0.628. The Morgan fingerprint density at radius 2 is 1.85 bits per heavy atom. The standard InChI is InChI=1S/C16H25NO3/c1-16(2,3)20-15(19)13(17)10-7-11-14(18)12-8-5-4-6-9-12/h4-6,8-9,13-14,18H,7,10-11,17H2,1-3H3/t13-,14?/m0/s1. The van der Waals surface area contributed by atoms with E-state index in [9.17, 15) is 9.90 Å². The van der Waals surface area contributed by atoms with Crippen LogP contribution in [0.4, 0.5) is 0 Å². The molecule has 3 N–H and O–H groups in total. The van der Waals surface area contributed by atoms with Gasteiger partial charge < -0.3 is 15.6 Å². The molecule has 1 rings (SSSR count). The van der Waals surface area contributed by atoms with Gasteiger partial charge >= 0.3 is 5.97 Å². The summed E-state index contributed by atoms with van der Waals surface area (Å²) in [4.78, 5) is 11.7. The third kappa shape index (κ3) is 6.17. The van der Waals surface area contributed by atoms with Gasteiger partial charge in [0.2, 0.25) is 0 Å². The number of hydrogen-bond donors (Lipinski definition) is 2. The lowest BCUT2D eigenvalue weighted by Crippen LogP contribution is -2.37. The molecule has 0 aliphatic carbocycles. The first-order chi connectivity index (χ1) is 9.29. The summed E-state index contributed by atoms with van der Waals surface area (Å²) < 4.78 is 5.22. The summed E-state index contributed by atoms with van der Waals surface area (Å²) in [6, 6.07) is 8.85. The topological polar surface area (TPSA) is 72.5 Å². The van der Waals surface area contributed by atoms with Crippen molar-refractivity contribution >= 4 is 5.97 Å². The molecule has 0 aliphatic heterocycles. The van der Waals surface area contributed by atoms with E-state index in [2.05, 4.69) is 0 Å². The SMILES string of the molecule is CC(C)(C)OC(=O)[C@@H](N)CCCC(O)c1ccccc1. The highest BCUT2D eigenvalue weighted by Gasteiger charge is 2.22. The number of aliphatic hydroxyl groups excluding tert-OH is 1. The van der Waals surface area contributed by atoms with Crippen LogP contribution >= 0.6 is 0 Å². The average Bonchev–Trinajstić information content (AvgIpc) is 2.37. The number of hydrogen-bond acceptors (Lipinski definition) is 4. The zero-order valence-corrected chi connectivity index (χ0v) is 12.5. The maximum Gasteiger partial charge on any atom is 0.323 e. The van der Waals surface area contributed by atoms with Gasteiger partial charge in [-0.3, -0.25) is 4.79 Å². The first-order valence-corrected chi connectivity index (χ1v) is 7.01. The largest absolute Gasteiger partial charge is 0.459 e. The summed E-state index contributed by atoms with van der Waals surface area (Å²) in [5, 5.41) is 10.0. The molecule has 0 heterocycles. The molecule has 2 atom stereocenters. The summed E-state index contributed by atoms with van der Waals surface area (Å²) in [7, 11) is 0. The molecule has 20 heavy (non-hydrogen) atoms. The monoisotopic (exact) mass is 279 g/mol. The zero-order valence-electron chi connectivity index (χ0n) is 12.5. The van der Waals surface area contributed by atoms with Crippen molar-refractivity contribution in [2.24, 2.45) is 5.73 Å². The number of benzene rings is 1. The van der Waals surface area contributed by atoms with Gasteiger partial charge in [0.05, 0.1) is 6.10 Å². The second-order valence-electron chi connectivity index (χ2n) is 6.00. The molecule has 0 amide bonds. The van der Waals surface area contributed by atoms with E-state index < -0.39 is 17.7 Å². The van der Waals surface area contributed by atoms with Crippen LogP contribution < -0.4 is 5.73 Å². The Bertz CT molecular complexity index is 411. The van der Waals surface area contributed by atoms with Gasteiger partial charge in [-0.1, -0.05) is 30.3 Å². The highest BCUT2D eigenvalue weighted by molar-refractivity contribution is 5.75. The molecule has 1 aromatic carbocycles. The van der Waals surface area contributed by atoms with Crippen molar-refractivity contribution in [1.29, 1.82) is 0 Å². The molecule has 0 fully saturated rings. The van der Waals surface area contributed by atoms with Crippen LogP contribution in [0.25, 0.3) is 0 Å². The van der Waals surface area contributed by atoms with Crippen molar-refractivity contribution in [3.05, 3.63) is 35.9 Å². The molecule has 0 aliphatic rings. The van der Waals surface area contributed by atoms with Crippen LogP contribution in [0, 0.1) is 0 Å². The molecule has 112 valence electrons. The second-order valence-corrected chi connectivity index (χ2v) is 6.00. The van der Waals surface area contributed by atoms with Gasteiger partial charge in [0.1, 0.15) is 11.6 Å². The number of aliphatic hydroxyl groups is 1. The summed E-state index contributed by atoms with van der Waals surface area (Å²) in [5.41, 5.74) is 6.16. The van der Waals surface area contributed by atoms with E-state index in [1.807, 2.05) is 51.1 Å². The summed E-state index contributed by atoms with van der Waals surface area (Å²) >= 11 is 0. The Morgan fingerprint density at radius 3 is 2.40 bits per heavy atom. The van der Waals surface area contributed by atoms with Gasteiger partial charge in [-0.15, -0.1) is 0 Å². The fraction of sp³-hybridized carbons (Fsp3) is 0.562. The molecule has 4 heteroatoms. The predicted molar refractivity (Wildman–Crippen MR) is 79.1 cm³/mol. The van der Waals surface area contributed by atoms with Crippen LogP contribution in [-0.4, -0.2) is 22.7 Å². The second kappa shape index (κ2) is 7.41. The van der Waals surface area contributed by atoms with E-state index >= 15 is 0 Å². The van der Waals surface area contributed by atoms with Crippen LogP contribution in [0.15, 0.2) is 30.3 Å². The van der Waals surface area contributed by atoms with Crippen molar-refractivity contribution < 1.29 is 14.6 Å². The van der Waals surface area contributed by atoms with Crippen LogP contribution in [0.2, 0.25) is 0 Å². The molecule has 1 unspecified atom stereocenters. The van der Waals surface area contributed by atoms with Gasteiger partial charge in [0.25, 0.3) is 0 Å². The van der Waals surface area contributed by atoms with Crippen LogP contribution in [-0.2, 0) is 9.53 Å². The Balaban J connectivity index is 2.32. The molecule has 4 nitrogen and oxygen atoms in total. The molecular weight excluding hydrogens is 254 g/mol. The highest BCUT2D eigenvalue weighted by atomic mass is 16.6. The first-order valence-electron chi connectivity index (χ1n) is 7.01. The normalized spacial score (nSPS) is 14.7. The molecular formula is C16H25NO3. The lowest BCUT2D eigenvalue weighted by molar-refractivity contribution is -0.156. The number of carbonyl (C=O) groups is 1. The van der Waals surface area contributed by atoms with Crippen molar-refractivity contribution in [2.75, 3.05) is 0 Å². The maximum atomic E-state index is 11.7. The first kappa shape index (κ1) is 16.7. The van der Waals surface area contributed by atoms with Gasteiger partial charge in [-0.25, -0.2) is 0 Å². The lowest BCUT2D eigenvalue weighted by Gasteiger charge is -2.22. The average molecular weight is 279 g/mol. The van der Waals surface area contributed by atoms with Gasteiger partial charge in [-0.2, -0.15) is 0 Å². The molecule has 1 aromatic rings. The maximum absolute atomic E-state index is 11.7. The third-order valence-electron chi connectivity index (χ3n) is 2.89. The third-order valence-corrected chi connectivity index (χ3v) is 2.89. The summed E-state index contributed by atoms with van der Waals surface area (Å²) in [6.07, 6.45) is 1.26. The van der Waals surface area contributed by atoms with Crippen LogP contribution in [0.5, 0.6) is 0 Å². The van der Waals surface area contributed by atoms with Crippen molar-refractivity contribution in [3.63, 3.8) is 0 Å². The Morgan fingerprint density at radius 1 is 1.25 bits per heavy atom. The predicted octanol–water partition coefficient (Wildman–Crippen LogP) is 2.56. The number of esters is 1. The molecule has 0 radical (unpaired) electrons. The molecule has 0 spiro atoms.